The molecule has 0 radical (unpaired) electrons. The minimum atomic E-state index is -1.07. The SMILES string of the molecule is CCCCCCCCCCCCCCCCCC[PH](C)(CCCCCCCCCCCCCCCCCC)CCCCCCCCCCCCCCCCCC. The van der Waals surface area contributed by atoms with Gasteiger partial charge in [-0.15, -0.1) is 0 Å². The summed E-state index contributed by atoms with van der Waals surface area (Å²) in [6, 6.07) is 0. The van der Waals surface area contributed by atoms with Crippen LogP contribution in [0.25, 0.3) is 0 Å². The number of hydrogen-bond acceptors (Lipinski definition) is 0. The fourth-order valence-electron chi connectivity index (χ4n) is 9.67. The van der Waals surface area contributed by atoms with Crippen molar-refractivity contribution in [2.45, 2.75) is 329 Å². The van der Waals surface area contributed by atoms with Crippen molar-refractivity contribution in [2.24, 2.45) is 0 Å². The molecule has 0 N–H and O–H groups in total. The van der Waals surface area contributed by atoms with Crippen LogP contribution in [-0.4, -0.2) is 25.2 Å². The predicted molar refractivity (Wildman–Crippen MR) is 267 cm³/mol. The number of rotatable bonds is 51. The quantitative estimate of drug-likeness (QED) is 0.0424. The van der Waals surface area contributed by atoms with E-state index in [2.05, 4.69) is 27.4 Å². The average molecular weight is 807 g/mol. The number of unbranched alkanes of at least 4 members (excludes halogenated alkanes) is 45. The number of hydrogen-bond donors (Lipinski definition) is 0. The molecule has 0 spiro atoms. The zero-order valence-corrected chi connectivity index (χ0v) is 41.6. The van der Waals surface area contributed by atoms with Crippen molar-refractivity contribution < 1.29 is 0 Å². The van der Waals surface area contributed by atoms with Gasteiger partial charge in [-0.3, -0.25) is 0 Å². The summed E-state index contributed by atoms with van der Waals surface area (Å²) < 4.78 is 0. The topological polar surface area (TPSA) is 0 Å². The van der Waals surface area contributed by atoms with E-state index in [1.54, 1.807) is 37.7 Å². The minimum Gasteiger partial charge on any atom is -0.0654 e. The molecule has 56 heavy (non-hydrogen) atoms. The summed E-state index contributed by atoms with van der Waals surface area (Å²) in [5.74, 6) is 0. The van der Waals surface area contributed by atoms with Gasteiger partial charge in [-0.05, 0) is 0 Å². The van der Waals surface area contributed by atoms with Crippen molar-refractivity contribution in [3.63, 3.8) is 0 Å². The molecule has 0 heterocycles. The molecule has 0 amide bonds. The first kappa shape index (κ1) is 56.4. The molecule has 340 valence electrons. The van der Waals surface area contributed by atoms with Crippen LogP contribution in [0.5, 0.6) is 0 Å². The van der Waals surface area contributed by atoms with E-state index in [1.165, 1.54) is 289 Å². The van der Waals surface area contributed by atoms with E-state index in [-0.39, 0.29) is 0 Å². The van der Waals surface area contributed by atoms with Gasteiger partial charge in [0.05, 0.1) is 0 Å². The zero-order valence-electron chi connectivity index (χ0n) is 40.6. The Morgan fingerprint density at radius 1 is 0.161 bits per heavy atom. The Kier molecular flexibility index (Phi) is 50.2. The van der Waals surface area contributed by atoms with E-state index >= 15 is 0 Å². The fourth-order valence-corrected chi connectivity index (χ4v) is 13.7. The summed E-state index contributed by atoms with van der Waals surface area (Å²) in [5.41, 5.74) is 0. The van der Waals surface area contributed by atoms with Crippen molar-refractivity contribution in [2.75, 3.05) is 25.2 Å². The minimum absolute atomic E-state index is 1.07. The Morgan fingerprint density at radius 2 is 0.268 bits per heavy atom. The molecule has 0 aliphatic heterocycles. The standard InChI is InChI=1S/C55H115P/c1-5-8-11-14-17-20-23-26-29-32-35-38-41-44-47-50-53-56(4,54-51-48-45-42-39-36-33-30-27-24-21-18-15-12-9-6-2)55-52-49-46-43-40-37-34-31-28-25-22-19-16-13-10-7-3/h56H,5-55H2,1-4H3. The predicted octanol–water partition coefficient (Wildman–Crippen LogP) is 21.2. The molecule has 0 bridgehead atoms. The van der Waals surface area contributed by atoms with Crippen molar-refractivity contribution >= 4 is 7.26 Å². The summed E-state index contributed by atoms with van der Waals surface area (Å²) in [6.45, 7) is 9.81. The van der Waals surface area contributed by atoms with Crippen LogP contribution in [-0.2, 0) is 0 Å². The van der Waals surface area contributed by atoms with Crippen LogP contribution in [0.4, 0.5) is 0 Å². The molecular formula is C55H115P. The maximum absolute atomic E-state index is 2.84. The molecule has 0 nitrogen and oxygen atoms in total. The van der Waals surface area contributed by atoms with Crippen molar-refractivity contribution in [1.82, 2.24) is 0 Å². The molecule has 0 saturated heterocycles. The Balaban J connectivity index is 4.08. The summed E-state index contributed by atoms with van der Waals surface area (Å²) in [7, 11) is -1.07. The molecule has 0 aromatic rings. The molecule has 1 heteroatoms. The first-order chi connectivity index (χ1) is 27.7. The van der Waals surface area contributed by atoms with Crippen molar-refractivity contribution in [3.05, 3.63) is 0 Å². The van der Waals surface area contributed by atoms with Gasteiger partial charge in [-0.2, -0.15) is 0 Å². The molecular weight excluding hydrogens is 692 g/mol. The Morgan fingerprint density at radius 3 is 0.393 bits per heavy atom. The molecule has 0 aliphatic carbocycles. The van der Waals surface area contributed by atoms with Crippen LogP contribution in [0.15, 0.2) is 0 Å². The Hall–Kier alpha value is 0.430. The fraction of sp³-hybridized carbons (Fsp3) is 1.00. The molecule has 0 unspecified atom stereocenters. The Labute approximate surface area is 360 Å². The van der Waals surface area contributed by atoms with Gasteiger partial charge >= 0.3 is 244 Å². The molecule has 0 fully saturated rings. The van der Waals surface area contributed by atoms with Gasteiger partial charge in [-0.1, -0.05) is 117 Å². The van der Waals surface area contributed by atoms with Crippen LogP contribution >= 0.6 is 7.26 Å². The van der Waals surface area contributed by atoms with Crippen LogP contribution in [0.2, 0.25) is 0 Å². The molecule has 0 saturated carbocycles. The average Bonchev–Trinajstić information content (AvgIpc) is 3.20. The summed E-state index contributed by atoms with van der Waals surface area (Å²) in [5, 5.41) is 0. The van der Waals surface area contributed by atoms with E-state index in [0.29, 0.717) is 0 Å². The first-order valence-electron chi connectivity index (χ1n) is 27.7. The van der Waals surface area contributed by atoms with Crippen LogP contribution < -0.4 is 0 Å². The molecule has 0 atom stereocenters. The van der Waals surface area contributed by atoms with Gasteiger partial charge < -0.3 is 0 Å². The van der Waals surface area contributed by atoms with E-state index in [9.17, 15) is 0 Å². The summed E-state index contributed by atoms with van der Waals surface area (Å²) >= 11 is 0. The van der Waals surface area contributed by atoms with Crippen LogP contribution in [0.1, 0.15) is 329 Å². The van der Waals surface area contributed by atoms with E-state index in [0.717, 1.165) is 0 Å². The molecule has 0 aromatic heterocycles. The van der Waals surface area contributed by atoms with Crippen molar-refractivity contribution in [1.29, 1.82) is 0 Å². The second kappa shape index (κ2) is 49.8. The maximum atomic E-state index is 2.84. The van der Waals surface area contributed by atoms with Gasteiger partial charge in [0.2, 0.25) is 0 Å². The zero-order chi connectivity index (χ0) is 40.6. The molecule has 0 aliphatic rings. The van der Waals surface area contributed by atoms with E-state index in [4.69, 9.17) is 0 Å². The Bertz CT molecular complexity index is 582. The van der Waals surface area contributed by atoms with Crippen LogP contribution in [0.3, 0.4) is 0 Å². The van der Waals surface area contributed by atoms with Crippen LogP contribution in [0, 0.1) is 0 Å². The first-order valence-corrected chi connectivity index (χ1v) is 30.8. The summed E-state index contributed by atoms with van der Waals surface area (Å²) in [6.07, 6.45) is 76.5. The van der Waals surface area contributed by atoms with Gasteiger partial charge in [0.1, 0.15) is 0 Å². The monoisotopic (exact) mass is 807 g/mol. The smallest absolute Gasteiger partial charge is 0.0654 e. The van der Waals surface area contributed by atoms with Gasteiger partial charge in [-0.25, -0.2) is 0 Å². The van der Waals surface area contributed by atoms with Gasteiger partial charge in [0.15, 0.2) is 0 Å². The summed E-state index contributed by atoms with van der Waals surface area (Å²) in [4.78, 5) is 0. The molecule has 0 aromatic carbocycles. The van der Waals surface area contributed by atoms with Gasteiger partial charge in [0.25, 0.3) is 0 Å². The normalized spacial score (nSPS) is 12.3. The van der Waals surface area contributed by atoms with E-state index in [1.807, 2.05) is 0 Å². The van der Waals surface area contributed by atoms with Gasteiger partial charge in [0, 0.05) is 0 Å². The van der Waals surface area contributed by atoms with E-state index < -0.39 is 7.26 Å². The van der Waals surface area contributed by atoms with Crippen molar-refractivity contribution in [3.8, 4) is 0 Å². The molecule has 0 rings (SSSR count). The third-order valence-electron chi connectivity index (χ3n) is 13.9. The second-order valence-electron chi connectivity index (χ2n) is 20.0. The second-order valence-corrected chi connectivity index (χ2v) is 25.1. The third-order valence-corrected chi connectivity index (χ3v) is 18.6. The third kappa shape index (κ3) is 47.1.